The zero-order valence-corrected chi connectivity index (χ0v) is 16.9. The Labute approximate surface area is 166 Å². The summed E-state index contributed by atoms with van der Waals surface area (Å²) in [7, 11) is 0. The summed E-state index contributed by atoms with van der Waals surface area (Å²) in [5, 5.41) is 10.3. The number of carbonyl (C=O) groups excluding carboxylic acids is 2. The van der Waals surface area contributed by atoms with Crippen LogP contribution in [0.15, 0.2) is 30.3 Å². The number of aryl methyl sites for hydroxylation is 2. The Kier molecular flexibility index (Phi) is 6.46. The van der Waals surface area contributed by atoms with Crippen LogP contribution in [0.25, 0.3) is 0 Å². The number of aromatic nitrogens is 2. The molecule has 1 unspecified atom stereocenters. The number of nitrogens with zero attached hydrogens (tertiary/aromatic N) is 3. The SMILES string of the molecule is CCCn1nc(C)cc1NC(=O)c1cccc(CN2CCC(=O)NCC2C)c1. The van der Waals surface area contributed by atoms with Gasteiger partial charge in [-0.1, -0.05) is 19.1 Å². The molecule has 28 heavy (non-hydrogen) atoms. The van der Waals surface area contributed by atoms with Gasteiger partial charge >= 0.3 is 0 Å². The molecular weight excluding hydrogens is 354 g/mol. The molecule has 7 heteroatoms. The minimum absolute atomic E-state index is 0.0986. The molecule has 1 aliphatic heterocycles. The van der Waals surface area contributed by atoms with Crippen molar-refractivity contribution >= 4 is 17.6 Å². The average Bonchev–Trinajstić information content (AvgIpc) is 2.93. The fourth-order valence-corrected chi connectivity index (χ4v) is 3.44. The molecular formula is C21H29N5O2. The van der Waals surface area contributed by atoms with E-state index in [9.17, 15) is 9.59 Å². The summed E-state index contributed by atoms with van der Waals surface area (Å²) >= 11 is 0. The molecule has 7 nitrogen and oxygen atoms in total. The predicted octanol–water partition coefficient (Wildman–Crippen LogP) is 2.56. The highest BCUT2D eigenvalue weighted by Crippen LogP contribution is 2.16. The molecule has 1 fully saturated rings. The molecule has 0 radical (unpaired) electrons. The van der Waals surface area contributed by atoms with Gasteiger partial charge in [-0.05, 0) is 38.0 Å². The molecule has 0 saturated carbocycles. The van der Waals surface area contributed by atoms with Crippen LogP contribution in [0.1, 0.15) is 48.3 Å². The molecule has 2 amide bonds. The van der Waals surface area contributed by atoms with Crippen LogP contribution in [0.2, 0.25) is 0 Å². The van der Waals surface area contributed by atoms with Gasteiger partial charge < -0.3 is 10.6 Å². The maximum absolute atomic E-state index is 12.8. The van der Waals surface area contributed by atoms with Gasteiger partial charge in [0.15, 0.2) is 0 Å². The molecule has 1 aliphatic rings. The maximum atomic E-state index is 12.8. The van der Waals surface area contributed by atoms with Gasteiger partial charge in [-0.15, -0.1) is 0 Å². The summed E-state index contributed by atoms with van der Waals surface area (Å²) in [6.07, 6.45) is 1.45. The van der Waals surface area contributed by atoms with E-state index in [4.69, 9.17) is 0 Å². The van der Waals surface area contributed by atoms with Crippen molar-refractivity contribution in [1.82, 2.24) is 20.0 Å². The lowest BCUT2D eigenvalue weighted by molar-refractivity contribution is -0.120. The Morgan fingerprint density at radius 1 is 1.36 bits per heavy atom. The van der Waals surface area contributed by atoms with Gasteiger partial charge in [-0.25, -0.2) is 4.68 Å². The second kappa shape index (κ2) is 9.01. The van der Waals surface area contributed by atoms with E-state index in [1.54, 1.807) is 0 Å². The maximum Gasteiger partial charge on any atom is 0.256 e. The number of amides is 2. The van der Waals surface area contributed by atoms with E-state index in [1.807, 2.05) is 41.9 Å². The highest BCUT2D eigenvalue weighted by atomic mass is 16.2. The van der Waals surface area contributed by atoms with E-state index < -0.39 is 0 Å². The van der Waals surface area contributed by atoms with Gasteiger partial charge in [-0.3, -0.25) is 14.5 Å². The monoisotopic (exact) mass is 383 g/mol. The first-order valence-electron chi connectivity index (χ1n) is 9.91. The second-order valence-corrected chi connectivity index (χ2v) is 7.42. The first-order chi connectivity index (χ1) is 13.5. The van der Waals surface area contributed by atoms with Crippen molar-refractivity contribution in [1.29, 1.82) is 0 Å². The fourth-order valence-electron chi connectivity index (χ4n) is 3.44. The standard InChI is InChI=1S/C21H29N5O2/c1-4-9-26-19(11-15(2)24-26)23-21(28)18-7-5-6-17(12-18)14-25-10-8-20(27)22-13-16(25)3/h5-7,11-12,16H,4,8-10,13-14H2,1-3H3,(H,22,27)(H,23,28). The van der Waals surface area contributed by atoms with Gasteiger partial charge in [0.2, 0.25) is 5.91 Å². The van der Waals surface area contributed by atoms with E-state index >= 15 is 0 Å². The van der Waals surface area contributed by atoms with Crippen LogP contribution < -0.4 is 10.6 Å². The minimum Gasteiger partial charge on any atom is -0.355 e. The van der Waals surface area contributed by atoms with Crippen molar-refractivity contribution < 1.29 is 9.59 Å². The molecule has 0 bridgehead atoms. The average molecular weight is 383 g/mol. The van der Waals surface area contributed by atoms with Gasteiger partial charge in [0.05, 0.1) is 5.69 Å². The lowest BCUT2D eigenvalue weighted by atomic mass is 10.1. The van der Waals surface area contributed by atoms with Crippen LogP contribution in [0, 0.1) is 6.92 Å². The van der Waals surface area contributed by atoms with Crippen LogP contribution in [0.3, 0.4) is 0 Å². The second-order valence-electron chi connectivity index (χ2n) is 7.42. The van der Waals surface area contributed by atoms with Crippen molar-refractivity contribution in [2.75, 3.05) is 18.4 Å². The van der Waals surface area contributed by atoms with Gasteiger partial charge in [0.1, 0.15) is 5.82 Å². The van der Waals surface area contributed by atoms with E-state index in [2.05, 4.69) is 34.5 Å². The normalized spacial score (nSPS) is 17.8. The van der Waals surface area contributed by atoms with Crippen molar-refractivity contribution in [3.63, 3.8) is 0 Å². The Balaban J connectivity index is 1.70. The fraction of sp³-hybridized carbons (Fsp3) is 0.476. The molecule has 0 spiro atoms. The van der Waals surface area contributed by atoms with Gasteiger partial charge in [0.25, 0.3) is 5.91 Å². The van der Waals surface area contributed by atoms with Gasteiger partial charge in [0, 0.05) is 50.3 Å². The zero-order chi connectivity index (χ0) is 20.1. The van der Waals surface area contributed by atoms with Crippen LogP contribution in [0.5, 0.6) is 0 Å². The number of anilines is 1. The van der Waals surface area contributed by atoms with E-state index in [-0.39, 0.29) is 17.9 Å². The van der Waals surface area contributed by atoms with Crippen molar-refractivity contribution in [3.8, 4) is 0 Å². The van der Waals surface area contributed by atoms with Crippen LogP contribution in [0.4, 0.5) is 5.82 Å². The summed E-state index contributed by atoms with van der Waals surface area (Å²) in [6, 6.07) is 9.83. The Bertz CT molecular complexity index is 845. The molecule has 1 atom stereocenters. The minimum atomic E-state index is -0.139. The lowest BCUT2D eigenvalue weighted by Crippen LogP contribution is -2.37. The number of benzene rings is 1. The molecule has 2 heterocycles. The topological polar surface area (TPSA) is 79.3 Å². The first kappa shape index (κ1) is 20.1. The largest absolute Gasteiger partial charge is 0.355 e. The number of carbonyl (C=O) groups is 2. The third-order valence-corrected chi connectivity index (χ3v) is 5.00. The Hall–Kier alpha value is -2.67. The summed E-state index contributed by atoms with van der Waals surface area (Å²) < 4.78 is 1.83. The van der Waals surface area contributed by atoms with E-state index in [1.165, 1.54) is 0 Å². The molecule has 2 N–H and O–H groups in total. The number of rotatable bonds is 6. The Morgan fingerprint density at radius 2 is 2.18 bits per heavy atom. The molecule has 1 aromatic carbocycles. The van der Waals surface area contributed by atoms with Gasteiger partial charge in [-0.2, -0.15) is 5.10 Å². The van der Waals surface area contributed by atoms with Crippen molar-refractivity contribution in [2.24, 2.45) is 0 Å². The summed E-state index contributed by atoms with van der Waals surface area (Å²) in [6.45, 7) is 8.97. The predicted molar refractivity (Wildman–Crippen MR) is 109 cm³/mol. The van der Waals surface area contributed by atoms with Crippen LogP contribution in [-0.4, -0.2) is 45.6 Å². The van der Waals surface area contributed by atoms with Crippen molar-refractivity contribution in [3.05, 3.63) is 47.2 Å². The summed E-state index contributed by atoms with van der Waals surface area (Å²) in [5.41, 5.74) is 2.57. The highest BCUT2D eigenvalue weighted by Gasteiger charge is 2.20. The molecule has 2 aromatic rings. The van der Waals surface area contributed by atoms with Crippen molar-refractivity contribution in [2.45, 2.75) is 52.7 Å². The quantitative estimate of drug-likeness (QED) is 0.804. The smallest absolute Gasteiger partial charge is 0.256 e. The molecule has 1 saturated heterocycles. The molecule has 3 rings (SSSR count). The molecule has 1 aromatic heterocycles. The van der Waals surface area contributed by atoms with Crippen LogP contribution >= 0.6 is 0 Å². The zero-order valence-electron chi connectivity index (χ0n) is 16.9. The number of hydrogen-bond acceptors (Lipinski definition) is 4. The first-order valence-corrected chi connectivity index (χ1v) is 9.91. The number of nitrogens with one attached hydrogen (secondary N) is 2. The molecule has 0 aliphatic carbocycles. The summed E-state index contributed by atoms with van der Waals surface area (Å²) in [5.74, 6) is 0.682. The summed E-state index contributed by atoms with van der Waals surface area (Å²) in [4.78, 5) is 26.7. The highest BCUT2D eigenvalue weighted by molar-refractivity contribution is 6.03. The van der Waals surface area contributed by atoms with Crippen LogP contribution in [-0.2, 0) is 17.9 Å². The third kappa shape index (κ3) is 4.98. The van der Waals surface area contributed by atoms with E-state index in [0.29, 0.717) is 25.1 Å². The van der Waals surface area contributed by atoms with E-state index in [0.717, 1.165) is 36.6 Å². The third-order valence-electron chi connectivity index (χ3n) is 5.00. The molecule has 150 valence electrons. The Morgan fingerprint density at radius 3 is 2.96 bits per heavy atom. The number of hydrogen-bond donors (Lipinski definition) is 2. The lowest BCUT2D eigenvalue weighted by Gasteiger charge is -2.26.